The Hall–Kier alpha value is -2.33. The highest BCUT2D eigenvalue weighted by Gasteiger charge is 2.33. The Kier molecular flexibility index (Phi) is 6.73. The Labute approximate surface area is 183 Å². The maximum atomic E-state index is 13.1. The van der Waals surface area contributed by atoms with Crippen LogP contribution in [0.2, 0.25) is 5.02 Å². The quantitative estimate of drug-likeness (QED) is 0.715. The smallest absolute Gasteiger partial charge is 0.253 e. The van der Waals surface area contributed by atoms with Crippen molar-refractivity contribution in [1.82, 2.24) is 9.80 Å². The molecule has 2 aromatic rings. The highest BCUT2D eigenvalue weighted by molar-refractivity contribution is 6.30. The number of rotatable bonds is 4. The number of benzene rings is 2. The number of amides is 2. The number of carbonyl (C=O) groups excluding carboxylic acids is 2. The summed E-state index contributed by atoms with van der Waals surface area (Å²) in [4.78, 5) is 29.8. The summed E-state index contributed by atoms with van der Waals surface area (Å²) in [5.74, 6) is 0.740. The summed E-state index contributed by atoms with van der Waals surface area (Å²) < 4.78 is 0. The fraction of sp³-hybridized carbons (Fsp3) is 0.440. The van der Waals surface area contributed by atoms with Gasteiger partial charge in [0.1, 0.15) is 0 Å². The van der Waals surface area contributed by atoms with Crippen LogP contribution in [-0.4, -0.2) is 47.8 Å². The zero-order chi connectivity index (χ0) is 20.9. The molecule has 0 spiro atoms. The lowest BCUT2D eigenvalue weighted by Crippen LogP contribution is -2.48. The molecule has 4 rings (SSSR count). The summed E-state index contributed by atoms with van der Waals surface area (Å²) >= 11 is 6.04. The van der Waals surface area contributed by atoms with Gasteiger partial charge in [-0.05, 0) is 61.8 Å². The van der Waals surface area contributed by atoms with Crippen LogP contribution in [0, 0.1) is 11.8 Å². The van der Waals surface area contributed by atoms with Crippen molar-refractivity contribution in [2.45, 2.75) is 32.1 Å². The van der Waals surface area contributed by atoms with Crippen LogP contribution in [0.1, 0.15) is 41.6 Å². The predicted molar refractivity (Wildman–Crippen MR) is 120 cm³/mol. The first-order chi connectivity index (χ1) is 14.6. The standard InChI is InChI=1S/C25H29ClN2O2/c26-23-10-4-8-21(17-23)24(29)28-13-5-9-22(18-28)25(30)27-14-11-20(12-15-27)16-19-6-2-1-3-7-19/h1-4,6-8,10,17,20,22H,5,9,11-16,18H2. The summed E-state index contributed by atoms with van der Waals surface area (Å²) in [7, 11) is 0. The SMILES string of the molecule is O=C(c1cccc(Cl)c1)N1CCCC(C(=O)N2CCC(Cc3ccccc3)CC2)C1. The van der Waals surface area contributed by atoms with Gasteiger partial charge in [-0.15, -0.1) is 0 Å². The average Bonchev–Trinajstić information content (AvgIpc) is 2.79. The van der Waals surface area contributed by atoms with Gasteiger partial charge in [-0.1, -0.05) is 48.0 Å². The topological polar surface area (TPSA) is 40.6 Å². The molecule has 2 aromatic carbocycles. The van der Waals surface area contributed by atoms with Crippen LogP contribution in [-0.2, 0) is 11.2 Å². The second-order valence-corrected chi connectivity index (χ2v) is 9.00. The van der Waals surface area contributed by atoms with Crippen molar-refractivity contribution < 1.29 is 9.59 Å². The van der Waals surface area contributed by atoms with E-state index in [4.69, 9.17) is 11.6 Å². The van der Waals surface area contributed by atoms with E-state index >= 15 is 0 Å². The van der Waals surface area contributed by atoms with Gasteiger partial charge in [0.25, 0.3) is 5.91 Å². The van der Waals surface area contributed by atoms with Gasteiger partial charge in [0.2, 0.25) is 5.91 Å². The average molecular weight is 425 g/mol. The van der Waals surface area contributed by atoms with Gasteiger partial charge in [0, 0.05) is 36.8 Å². The highest BCUT2D eigenvalue weighted by atomic mass is 35.5. The Morgan fingerprint density at radius 1 is 0.900 bits per heavy atom. The summed E-state index contributed by atoms with van der Waals surface area (Å²) in [6.07, 6.45) is 4.93. The Morgan fingerprint density at radius 2 is 1.67 bits per heavy atom. The van der Waals surface area contributed by atoms with E-state index in [0.717, 1.165) is 45.2 Å². The lowest BCUT2D eigenvalue weighted by Gasteiger charge is -2.38. The second-order valence-electron chi connectivity index (χ2n) is 8.56. The predicted octanol–water partition coefficient (Wildman–Crippen LogP) is 4.67. The molecule has 5 heteroatoms. The van der Waals surface area contributed by atoms with Crippen LogP contribution in [0.3, 0.4) is 0 Å². The van der Waals surface area contributed by atoms with Gasteiger partial charge in [-0.3, -0.25) is 9.59 Å². The van der Waals surface area contributed by atoms with Crippen molar-refractivity contribution in [3.8, 4) is 0 Å². The molecule has 0 radical (unpaired) electrons. The van der Waals surface area contributed by atoms with E-state index in [9.17, 15) is 9.59 Å². The summed E-state index contributed by atoms with van der Waals surface area (Å²) in [6.45, 7) is 2.87. The third kappa shape index (κ3) is 5.04. The zero-order valence-electron chi connectivity index (χ0n) is 17.3. The maximum absolute atomic E-state index is 13.1. The molecule has 0 saturated carbocycles. The largest absolute Gasteiger partial charge is 0.342 e. The Balaban J connectivity index is 1.31. The number of nitrogens with zero attached hydrogens (tertiary/aromatic N) is 2. The minimum Gasteiger partial charge on any atom is -0.342 e. The van der Waals surface area contributed by atoms with Crippen LogP contribution < -0.4 is 0 Å². The first-order valence-corrected chi connectivity index (χ1v) is 11.4. The fourth-order valence-electron chi connectivity index (χ4n) is 4.73. The number of hydrogen-bond acceptors (Lipinski definition) is 2. The zero-order valence-corrected chi connectivity index (χ0v) is 18.1. The van der Waals surface area contributed by atoms with Crippen molar-refractivity contribution >= 4 is 23.4 Å². The molecule has 158 valence electrons. The van der Waals surface area contributed by atoms with Crippen LogP contribution >= 0.6 is 11.6 Å². The van der Waals surface area contributed by atoms with E-state index < -0.39 is 0 Å². The minimum absolute atomic E-state index is 0.0310. The van der Waals surface area contributed by atoms with Crippen LogP contribution in [0.25, 0.3) is 0 Å². The number of likely N-dealkylation sites (tertiary alicyclic amines) is 2. The van der Waals surface area contributed by atoms with E-state index in [1.807, 2.05) is 9.80 Å². The molecule has 0 aromatic heterocycles. The Morgan fingerprint density at radius 3 is 2.40 bits per heavy atom. The first kappa shape index (κ1) is 20.9. The van der Waals surface area contributed by atoms with Crippen LogP contribution in [0.4, 0.5) is 0 Å². The molecule has 2 amide bonds. The lowest BCUT2D eigenvalue weighted by atomic mass is 9.89. The third-order valence-corrected chi connectivity index (χ3v) is 6.66. The van der Waals surface area contributed by atoms with Crippen molar-refractivity contribution in [3.05, 3.63) is 70.7 Å². The van der Waals surface area contributed by atoms with Gasteiger partial charge < -0.3 is 9.80 Å². The van der Waals surface area contributed by atoms with E-state index in [2.05, 4.69) is 30.3 Å². The van der Waals surface area contributed by atoms with E-state index in [0.29, 0.717) is 29.6 Å². The number of halogens is 1. The molecule has 1 atom stereocenters. The van der Waals surface area contributed by atoms with E-state index in [-0.39, 0.29) is 17.7 Å². The summed E-state index contributed by atoms with van der Waals surface area (Å²) in [5.41, 5.74) is 1.97. The summed E-state index contributed by atoms with van der Waals surface area (Å²) in [6, 6.07) is 17.7. The van der Waals surface area contributed by atoms with Gasteiger partial charge in [0.15, 0.2) is 0 Å². The molecule has 2 saturated heterocycles. The molecule has 1 unspecified atom stereocenters. The van der Waals surface area contributed by atoms with Crippen LogP contribution in [0.5, 0.6) is 0 Å². The molecule has 2 heterocycles. The lowest BCUT2D eigenvalue weighted by molar-refractivity contribution is -0.138. The fourth-order valence-corrected chi connectivity index (χ4v) is 4.92. The molecule has 30 heavy (non-hydrogen) atoms. The molecule has 0 bridgehead atoms. The minimum atomic E-state index is -0.0902. The molecule has 2 aliphatic heterocycles. The monoisotopic (exact) mass is 424 g/mol. The van der Waals surface area contributed by atoms with Gasteiger partial charge in [0.05, 0.1) is 5.92 Å². The first-order valence-electron chi connectivity index (χ1n) is 11.0. The third-order valence-electron chi connectivity index (χ3n) is 6.42. The van der Waals surface area contributed by atoms with Gasteiger partial charge >= 0.3 is 0 Å². The molecular weight excluding hydrogens is 396 g/mol. The van der Waals surface area contributed by atoms with Crippen molar-refractivity contribution in [3.63, 3.8) is 0 Å². The van der Waals surface area contributed by atoms with Crippen molar-refractivity contribution in [2.75, 3.05) is 26.2 Å². The number of carbonyl (C=O) groups is 2. The molecule has 0 aliphatic carbocycles. The van der Waals surface area contributed by atoms with E-state index in [1.54, 1.807) is 24.3 Å². The normalized spacial score (nSPS) is 20.2. The molecule has 2 aliphatic rings. The number of piperidine rings is 2. The molecular formula is C25H29ClN2O2. The maximum Gasteiger partial charge on any atom is 0.253 e. The van der Waals surface area contributed by atoms with Gasteiger partial charge in [-0.2, -0.15) is 0 Å². The molecule has 4 nitrogen and oxygen atoms in total. The Bertz CT molecular complexity index is 878. The summed E-state index contributed by atoms with van der Waals surface area (Å²) in [5, 5.41) is 0.559. The van der Waals surface area contributed by atoms with E-state index in [1.165, 1.54) is 5.56 Å². The number of hydrogen-bond donors (Lipinski definition) is 0. The van der Waals surface area contributed by atoms with Crippen molar-refractivity contribution in [1.29, 1.82) is 0 Å². The molecule has 2 fully saturated rings. The second kappa shape index (κ2) is 9.65. The van der Waals surface area contributed by atoms with Crippen LogP contribution in [0.15, 0.2) is 54.6 Å². The highest BCUT2D eigenvalue weighted by Crippen LogP contribution is 2.26. The van der Waals surface area contributed by atoms with Crippen molar-refractivity contribution in [2.24, 2.45) is 11.8 Å². The molecule has 0 N–H and O–H groups in total. The van der Waals surface area contributed by atoms with Gasteiger partial charge in [-0.25, -0.2) is 0 Å².